The zero-order valence-electron chi connectivity index (χ0n) is 21.6. The fourth-order valence-corrected chi connectivity index (χ4v) is 6.06. The third-order valence-corrected chi connectivity index (χ3v) is 7.88. The predicted octanol–water partition coefficient (Wildman–Crippen LogP) is 9.68. The molecule has 0 aliphatic heterocycles. The number of pyridine rings is 1. The summed E-state index contributed by atoms with van der Waals surface area (Å²) in [5.41, 5.74) is 12.3. The molecule has 38 heavy (non-hydrogen) atoms. The Kier molecular flexibility index (Phi) is 5.16. The van der Waals surface area contributed by atoms with E-state index < -0.39 is 0 Å². The molecule has 2 nitrogen and oxygen atoms in total. The number of fused-ring (bicyclic) bond motifs is 5. The van der Waals surface area contributed by atoms with Crippen molar-refractivity contribution in [3.05, 3.63) is 145 Å². The molecule has 6 aromatic rings. The molecule has 7 rings (SSSR count). The van der Waals surface area contributed by atoms with Crippen molar-refractivity contribution < 1.29 is 0 Å². The molecule has 0 atom stereocenters. The summed E-state index contributed by atoms with van der Waals surface area (Å²) in [4.78, 5) is 6.91. The Labute approximate surface area is 223 Å². The Morgan fingerprint density at radius 2 is 1.16 bits per heavy atom. The fraction of sp³-hybridized carbons (Fsp3) is 0.0833. The van der Waals surface area contributed by atoms with Gasteiger partial charge in [-0.15, -0.1) is 0 Å². The van der Waals surface area contributed by atoms with E-state index in [1.807, 2.05) is 12.3 Å². The zero-order chi connectivity index (χ0) is 25.7. The number of aromatic nitrogens is 1. The average Bonchev–Trinajstić information content (AvgIpc) is 3.21. The maximum atomic E-state index is 4.61. The highest BCUT2D eigenvalue weighted by Gasteiger charge is 2.37. The van der Waals surface area contributed by atoms with Gasteiger partial charge >= 0.3 is 0 Å². The monoisotopic (exact) mass is 488 g/mol. The Morgan fingerprint density at radius 3 is 1.84 bits per heavy atom. The molecule has 0 spiro atoms. The summed E-state index contributed by atoms with van der Waals surface area (Å²) in [5, 5.41) is 1.25. The standard InChI is InChI=1S/C36H28N2/c1-36(2)33-24-26(17-20-30(33)31-21-22-34-32(35(31)36)14-9-23-37-34)25-15-18-29(19-16-25)38(27-10-5-3-6-11-27)28-12-7-4-8-13-28/h3-24H,1-2H3. The first-order valence-electron chi connectivity index (χ1n) is 13.1. The second-order valence-corrected chi connectivity index (χ2v) is 10.5. The van der Waals surface area contributed by atoms with Gasteiger partial charge in [-0.2, -0.15) is 0 Å². The van der Waals surface area contributed by atoms with E-state index in [0.717, 1.165) is 22.6 Å². The summed E-state index contributed by atoms with van der Waals surface area (Å²) in [6, 6.07) is 45.6. The molecular weight excluding hydrogens is 460 g/mol. The maximum absolute atomic E-state index is 4.61. The SMILES string of the molecule is CC1(C)c2cc(-c3ccc(N(c4ccccc4)c4ccccc4)cc3)ccc2-c2ccc3ncccc3c21. The first kappa shape index (κ1) is 22.5. The van der Waals surface area contributed by atoms with Crippen LogP contribution < -0.4 is 4.90 Å². The number of para-hydroxylation sites is 2. The van der Waals surface area contributed by atoms with Gasteiger partial charge in [0, 0.05) is 34.1 Å². The lowest BCUT2D eigenvalue weighted by Crippen LogP contribution is -2.15. The second-order valence-electron chi connectivity index (χ2n) is 10.5. The summed E-state index contributed by atoms with van der Waals surface area (Å²) in [5.74, 6) is 0. The summed E-state index contributed by atoms with van der Waals surface area (Å²) in [6.07, 6.45) is 1.88. The van der Waals surface area contributed by atoms with E-state index in [-0.39, 0.29) is 5.41 Å². The smallest absolute Gasteiger partial charge is 0.0705 e. The lowest BCUT2D eigenvalue weighted by atomic mass is 9.80. The largest absolute Gasteiger partial charge is 0.311 e. The van der Waals surface area contributed by atoms with Crippen molar-refractivity contribution >= 4 is 28.0 Å². The van der Waals surface area contributed by atoms with Gasteiger partial charge in [-0.25, -0.2) is 0 Å². The molecule has 0 fully saturated rings. The van der Waals surface area contributed by atoms with Crippen LogP contribution in [-0.2, 0) is 5.41 Å². The van der Waals surface area contributed by atoms with Crippen molar-refractivity contribution in [1.29, 1.82) is 0 Å². The minimum Gasteiger partial charge on any atom is -0.311 e. The van der Waals surface area contributed by atoms with Crippen LogP contribution in [0.2, 0.25) is 0 Å². The fourth-order valence-electron chi connectivity index (χ4n) is 6.06. The lowest BCUT2D eigenvalue weighted by molar-refractivity contribution is 0.666. The third-order valence-electron chi connectivity index (χ3n) is 7.88. The number of rotatable bonds is 4. The number of nitrogens with zero attached hydrogens (tertiary/aromatic N) is 2. The number of benzene rings is 5. The highest BCUT2D eigenvalue weighted by molar-refractivity contribution is 5.96. The molecule has 5 aromatic carbocycles. The average molecular weight is 489 g/mol. The van der Waals surface area contributed by atoms with E-state index in [1.54, 1.807) is 0 Å². The normalized spacial score (nSPS) is 13.2. The number of hydrogen-bond donors (Lipinski definition) is 0. The Bertz CT molecular complexity index is 1730. The lowest BCUT2D eigenvalue weighted by Gasteiger charge is -2.25. The van der Waals surface area contributed by atoms with Gasteiger partial charge in [0.15, 0.2) is 0 Å². The van der Waals surface area contributed by atoms with Crippen LogP contribution in [-0.4, -0.2) is 4.98 Å². The highest BCUT2D eigenvalue weighted by Crippen LogP contribution is 2.52. The zero-order valence-corrected chi connectivity index (χ0v) is 21.6. The number of hydrogen-bond acceptors (Lipinski definition) is 2. The summed E-state index contributed by atoms with van der Waals surface area (Å²) >= 11 is 0. The molecule has 0 saturated heterocycles. The summed E-state index contributed by atoms with van der Waals surface area (Å²) in [6.45, 7) is 4.68. The van der Waals surface area contributed by atoms with Gasteiger partial charge in [0.25, 0.3) is 0 Å². The molecule has 0 amide bonds. The van der Waals surface area contributed by atoms with Crippen LogP contribution in [0.4, 0.5) is 17.1 Å². The van der Waals surface area contributed by atoms with E-state index >= 15 is 0 Å². The van der Waals surface area contributed by atoms with E-state index in [0.29, 0.717) is 0 Å². The molecule has 182 valence electrons. The Morgan fingerprint density at radius 1 is 0.553 bits per heavy atom. The van der Waals surface area contributed by atoms with Crippen LogP contribution in [0.3, 0.4) is 0 Å². The summed E-state index contributed by atoms with van der Waals surface area (Å²) < 4.78 is 0. The van der Waals surface area contributed by atoms with Gasteiger partial charge in [0.2, 0.25) is 0 Å². The van der Waals surface area contributed by atoms with Gasteiger partial charge in [0.1, 0.15) is 0 Å². The van der Waals surface area contributed by atoms with Crippen LogP contribution in [0.1, 0.15) is 25.0 Å². The molecule has 2 heteroatoms. The molecular formula is C36H28N2. The molecule has 0 bridgehead atoms. The van der Waals surface area contributed by atoms with Gasteiger partial charge in [-0.05, 0) is 88.0 Å². The van der Waals surface area contributed by atoms with Crippen LogP contribution in [0, 0.1) is 0 Å². The first-order chi connectivity index (χ1) is 18.6. The van der Waals surface area contributed by atoms with Crippen molar-refractivity contribution in [3.63, 3.8) is 0 Å². The predicted molar refractivity (Wildman–Crippen MR) is 159 cm³/mol. The van der Waals surface area contributed by atoms with Crippen molar-refractivity contribution in [2.75, 3.05) is 4.90 Å². The first-order valence-corrected chi connectivity index (χ1v) is 13.1. The maximum Gasteiger partial charge on any atom is 0.0705 e. The van der Waals surface area contributed by atoms with Crippen molar-refractivity contribution in [1.82, 2.24) is 4.98 Å². The van der Waals surface area contributed by atoms with Gasteiger partial charge in [-0.1, -0.05) is 86.6 Å². The van der Waals surface area contributed by atoms with E-state index in [4.69, 9.17) is 0 Å². The Hall–Kier alpha value is -4.69. The van der Waals surface area contributed by atoms with Crippen LogP contribution in [0.5, 0.6) is 0 Å². The second kappa shape index (κ2) is 8.71. The van der Waals surface area contributed by atoms with Crippen molar-refractivity contribution in [2.45, 2.75) is 19.3 Å². The van der Waals surface area contributed by atoms with Crippen LogP contribution >= 0.6 is 0 Å². The Balaban J connectivity index is 1.28. The highest BCUT2D eigenvalue weighted by atomic mass is 15.1. The van der Waals surface area contributed by atoms with Crippen molar-refractivity contribution in [2.24, 2.45) is 0 Å². The molecule has 0 saturated carbocycles. The quantitative estimate of drug-likeness (QED) is 0.245. The van der Waals surface area contributed by atoms with Crippen LogP contribution in [0.15, 0.2) is 134 Å². The molecule has 1 heterocycles. The molecule has 0 unspecified atom stereocenters. The third kappa shape index (κ3) is 3.53. The van der Waals surface area contributed by atoms with Crippen molar-refractivity contribution in [3.8, 4) is 22.3 Å². The summed E-state index contributed by atoms with van der Waals surface area (Å²) in [7, 11) is 0. The van der Waals surface area contributed by atoms with E-state index in [1.165, 1.54) is 38.8 Å². The van der Waals surface area contributed by atoms with Gasteiger partial charge < -0.3 is 4.90 Å². The number of anilines is 3. The van der Waals surface area contributed by atoms with Gasteiger partial charge in [0.05, 0.1) is 5.52 Å². The molecule has 1 aliphatic carbocycles. The van der Waals surface area contributed by atoms with E-state index in [9.17, 15) is 0 Å². The molecule has 0 N–H and O–H groups in total. The van der Waals surface area contributed by atoms with Crippen LogP contribution in [0.25, 0.3) is 33.2 Å². The minimum absolute atomic E-state index is 0.0966. The van der Waals surface area contributed by atoms with E-state index in [2.05, 4.69) is 145 Å². The topological polar surface area (TPSA) is 16.1 Å². The molecule has 1 aromatic heterocycles. The minimum atomic E-state index is -0.0966. The van der Waals surface area contributed by atoms with Gasteiger partial charge in [-0.3, -0.25) is 4.98 Å². The molecule has 0 radical (unpaired) electrons. The molecule has 1 aliphatic rings.